The van der Waals surface area contributed by atoms with Crippen molar-refractivity contribution in [2.45, 2.75) is 18.9 Å². The maximum Gasteiger partial charge on any atom is 0.267 e. The molecule has 0 aliphatic carbocycles. The summed E-state index contributed by atoms with van der Waals surface area (Å²) in [5.41, 5.74) is 3.45. The summed E-state index contributed by atoms with van der Waals surface area (Å²) in [6.07, 6.45) is 3.97. The van der Waals surface area contributed by atoms with Crippen LogP contribution in [0.5, 0.6) is 0 Å². The summed E-state index contributed by atoms with van der Waals surface area (Å²) >= 11 is 0. The Hall–Kier alpha value is -3.08. The van der Waals surface area contributed by atoms with E-state index >= 15 is 0 Å². The summed E-state index contributed by atoms with van der Waals surface area (Å²) in [6.45, 7) is 1.63. The number of rotatable bonds is 5. The smallest absolute Gasteiger partial charge is 0.267 e. The Balaban J connectivity index is 1.39. The predicted octanol–water partition coefficient (Wildman–Crippen LogP) is 4.22. The fraction of sp³-hybridized carbons (Fsp3) is 0.227. The summed E-state index contributed by atoms with van der Waals surface area (Å²) in [5, 5.41) is 3.04. The van der Waals surface area contributed by atoms with Gasteiger partial charge in [0.2, 0.25) is 0 Å². The van der Waals surface area contributed by atoms with Gasteiger partial charge in [0, 0.05) is 31.0 Å². The minimum Gasteiger partial charge on any atom is -0.367 e. The number of nitrogens with zero attached hydrogens (tertiary/aromatic N) is 1. The Kier molecular flexibility index (Phi) is 4.92. The maximum absolute atomic E-state index is 13.1. The lowest BCUT2D eigenvalue weighted by atomic mass is 10.1. The number of aromatic nitrogens is 1. The van der Waals surface area contributed by atoms with Crippen LogP contribution in [0.15, 0.2) is 66.9 Å². The maximum atomic E-state index is 13.1. The second-order valence-corrected chi connectivity index (χ2v) is 6.84. The van der Waals surface area contributed by atoms with Crippen LogP contribution in [-0.4, -0.2) is 30.0 Å². The molecule has 2 N–H and O–H groups in total. The highest BCUT2D eigenvalue weighted by Gasteiger charge is 2.25. The molecule has 0 saturated carbocycles. The van der Waals surface area contributed by atoms with Gasteiger partial charge in [0.15, 0.2) is 0 Å². The second-order valence-electron chi connectivity index (χ2n) is 6.84. The third-order valence-corrected chi connectivity index (χ3v) is 5.07. The van der Waals surface area contributed by atoms with Crippen LogP contribution in [0.3, 0.4) is 0 Å². The number of carbonyl (C=O) groups excluding carboxylic acids is 1. The van der Waals surface area contributed by atoms with Gasteiger partial charge >= 0.3 is 0 Å². The standard InChI is InChI=1S/C22H22FN3O/c23-18-10-8-16(9-11-18)17-13-21(24-14-17)22(27)25-15-20-7-4-12-26(20)19-5-2-1-3-6-19/h1-3,5-6,8-11,13-14,20,24H,4,7,12,15H2,(H,25,27)/t20-/m0/s1. The van der Waals surface area contributed by atoms with Crippen molar-refractivity contribution < 1.29 is 9.18 Å². The molecule has 27 heavy (non-hydrogen) atoms. The van der Waals surface area contributed by atoms with Crippen molar-refractivity contribution in [3.05, 3.63) is 78.4 Å². The van der Waals surface area contributed by atoms with Crippen molar-refractivity contribution in [1.29, 1.82) is 0 Å². The monoisotopic (exact) mass is 363 g/mol. The van der Waals surface area contributed by atoms with E-state index in [4.69, 9.17) is 0 Å². The molecule has 1 fully saturated rings. The van der Waals surface area contributed by atoms with Crippen LogP contribution in [0.4, 0.5) is 10.1 Å². The Bertz CT molecular complexity index is 905. The molecule has 0 spiro atoms. The van der Waals surface area contributed by atoms with E-state index in [0.29, 0.717) is 18.3 Å². The Labute approximate surface area is 158 Å². The van der Waals surface area contributed by atoms with Crippen LogP contribution in [0.25, 0.3) is 11.1 Å². The molecular weight excluding hydrogens is 341 g/mol. The third-order valence-electron chi connectivity index (χ3n) is 5.07. The molecule has 0 bridgehead atoms. The van der Waals surface area contributed by atoms with Crippen molar-refractivity contribution in [2.24, 2.45) is 0 Å². The second kappa shape index (κ2) is 7.66. The van der Waals surface area contributed by atoms with Crippen molar-refractivity contribution in [3.63, 3.8) is 0 Å². The molecule has 4 rings (SSSR count). The van der Waals surface area contributed by atoms with Gasteiger partial charge in [-0.3, -0.25) is 4.79 Å². The number of para-hydroxylation sites is 1. The predicted molar refractivity (Wildman–Crippen MR) is 105 cm³/mol. The average Bonchev–Trinajstić information content (AvgIpc) is 3.37. The normalized spacial score (nSPS) is 16.5. The molecule has 138 valence electrons. The molecule has 1 aromatic heterocycles. The third kappa shape index (κ3) is 3.87. The minimum absolute atomic E-state index is 0.122. The molecule has 1 saturated heterocycles. The number of nitrogens with one attached hydrogen (secondary N) is 2. The molecule has 1 aliphatic rings. The lowest BCUT2D eigenvalue weighted by molar-refractivity contribution is 0.0947. The number of H-pyrrole nitrogens is 1. The molecule has 2 heterocycles. The molecule has 1 atom stereocenters. The highest BCUT2D eigenvalue weighted by molar-refractivity contribution is 5.94. The van der Waals surface area contributed by atoms with Gasteiger partial charge in [0.05, 0.1) is 0 Å². The molecule has 2 aromatic carbocycles. The van der Waals surface area contributed by atoms with Crippen molar-refractivity contribution in [3.8, 4) is 11.1 Å². The van der Waals surface area contributed by atoms with Gasteiger partial charge in [-0.1, -0.05) is 30.3 Å². The first kappa shape index (κ1) is 17.3. The number of halogens is 1. The van der Waals surface area contributed by atoms with E-state index in [2.05, 4.69) is 27.3 Å². The van der Waals surface area contributed by atoms with Crippen molar-refractivity contribution in [1.82, 2.24) is 10.3 Å². The van der Waals surface area contributed by atoms with Crippen LogP contribution in [0, 0.1) is 5.82 Å². The molecule has 0 unspecified atom stereocenters. The average molecular weight is 363 g/mol. The summed E-state index contributed by atoms with van der Waals surface area (Å²) in [6, 6.07) is 18.7. The van der Waals surface area contributed by atoms with E-state index in [0.717, 1.165) is 30.5 Å². The number of hydrogen-bond donors (Lipinski definition) is 2. The van der Waals surface area contributed by atoms with Crippen molar-refractivity contribution >= 4 is 11.6 Å². The minimum atomic E-state index is -0.271. The van der Waals surface area contributed by atoms with Crippen LogP contribution in [0.1, 0.15) is 23.3 Å². The van der Waals surface area contributed by atoms with Gasteiger partial charge < -0.3 is 15.2 Å². The molecule has 1 amide bonds. The summed E-state index contributed by atoms with van der Waals surface area (Å²) in [4.78, 5) is 17.9. The molecular formula is C22H22FN3O. The van der Waals surface area contributed by atoms with Gasteiger partial charge in [0.1, 0.15) is 11.5 Å². The fourth-order valence-corrected chi connectivity index (χ4v) is 3.65. The lowest BCUT2D eigenvalue weighted by Crippen LogP contribution is -2.40. The molecule has 1 aliphatic heterocycles. The zero-order valence-corrected chi connectivity index (χ0v) is 15.0. The molecule has 4 nitrogen and oxygen atoms in total. The summed E-state index contributed by atoms with van der Waals surface area (Å²) < 4.78 is 13.1. The van der Waals surface area contributed by atoms with Crippen LogP contribution < -0.4 is 10.2 Å². The topological polar surface area (TPSA) is 48.1 Å². The zero-order chi connectivity index (χ0) is 18.6. The van der Waals surface area contributed by atoms with Gasteiger partial charge in [-0.2, -0.15) is 0 Å². The zero-order valence-electron chi connectivity index (χ0n) is 15.0. The molecule has 3 aromatic rings. The van der Waals surface area contributed by atoms with Gasteiger partial charge in [-0.05, 0) is 54.3 Å². The number of carbonyl (C=O) groups is 1. The van der Waals surface area contributed by atoms with E-state index in [1.807, 2.05) is 18.2 Å². The van der Waals surface area contributed by atoms with Crippen LogP contribution >= 0.6 is 0 Å². The molecule has 5 heteroatoms. The van der Waals surface area contributed by atoms with E-state index in [1.54, 1.807) is 24.4 Å². The number of benzene rings is 2. The van der Waals surface area contributed by atoms with Gasteiger partial charge in [-0.25, -0.2) is 4.39 Å². The van der Waals surface area contributed by atoms with E-state index < -0.39 is 0 Å². The largest absolute Gasteiger partial charge is 0.367 e. The van der Waals surface area contributed by atoms with E-state index in [9.17, 15) is 9.18 Å². The van der Waals surface area contributed by atoms with Crippen LogP contribution in [-0.2, 0) is 0 Å². The number of anilines is 1. The first-order chi connectivity index (χ1) is 13.2. The SMILES string of the molecule is O=C(NC[C@@H]1CCCN1c1ccccc1)c1cc(-c2ccc(F)cc2)c[nH]1. The Morgan fingerprint density at radius 2 is 1.89 bits per heavy atom. The number of amides is 1. The Morgan fingerprint density at radius 1 is 1.11 bits per heavy atom. The lowest BCUT2D eigenvalue weighted by Gasteiger charge is -2.27. The number of aromatic amines is 1. The van der Waals surface area contributed by atoms with E-state index in [-0.39, 0.29) is 11.7 Å². The van der Waals surface area contributed by atoms with E-state index in [1.165, 1.54) is 17.8 Å². The first-order valence-electron chi connectivity index (χ1n) is 9.25. The quantitative estimate of drug-likeness (QED) is 0.713. The van der Waals surface area contributed by atoms with Crippen LogP contribution in [0.2, 0.25) is 0 Å². The van der Waals surface area contributed by atoms with Crippen molar-refractivity contribution in [2.75, 3.05) is 18.0 Å². The first-order valence-corrected chi connectivity index (χ1v) is 9.25. The Morgan fingerprint density at radius 3 is 2.67 bits per heavy atom. The highest BCUT2D eigenvalue weighted by Crippen LogP contribution is 2.25. The van der Waals surface area contributed by atoms with Gasteiger partial charge in [0.25, 0.3) is 5.91 Å². The fourth-order valence-electron chi connectivity index (χ4n) is 3.65. The number of hydrogen-bond acceptors (Lipinski definition) is 2. The van der Waals surface area contributed by atoms with Gasteiger partial charge in [-0.15, -0.1) is 0 Å². The summed E-state index contributed by atoms with van der Waals surface area (Å²) in [5.74, 6) is -0.393. The highest BCUT2D eigenvalue weighted by atomic mass is 19.1. The molecule has 0 radical (unpaired) electrons. The summed E-state index contributed by atoms with van der Waals surface area (Å²) in [7, 11) is 0.